The molecule has 0 aromatic heterocycles. The van der Waals surface area contributed by atoms with Crippen LogP contribution in [0, 0.1) is 22.7 Å². The van der Waals surface area contributed by atoms with Crippen LogP contribution in [0.25, 0.3) is 11.1 Å². The van der Waals surface area contributed by atoms with Crippen LogP contribution >= 0.6 is 70.8 Å². The molecule has 16 aromatic rings. The topological polar surface area (TPSA) is 146 Å². The monoisotopic (exact) mass is 1900 g/mol. The normalized spacial score (nSPS) is 10.6. The summed E-state index contributed by atoms with van der Waals surface area (Å²) in [5, 5.41) is 59.0. The number of halogens is 3. The van der Waals surface area contributed by atoms with Gasteiger partial charge in [0.1, 0.15) is 23.3 Å². The van der Waals surface area contributed by atoms with Crippen molar-refractivity contribution in [2.24, 2.45) is 0 Å². The first kappa shape index (κ1) is 97.2. The van der Waals surface area contributed by atoms with Gasteiger partial charge in [-0.25, -0.2) is 0 Å². The number of nitriles is 2. The Morgan fingerprint density at radius 3 is 0.624 bits per heavy atom. The molecule has 0 spiro atoms. The van der Waals surface area contributed by atoms with Gasteiger partial charge in [-0.05, 0) is 174 Å². The van der Waals surface area contributed by atoms with Gasteiger partial charge in [0.15, 0.2) is 0 Å². The van der Waals surface area contributed by atoms with E-state index in [1.54, 1.807) is 88.6 Å². The molecule has 16 aromatic carbocycles. The predicted molar refractivity (Wildman–Crippen MR) is 536 cm³/mol. The summed E-state index contributed by atoms with van der Waals surface area (Å²) < 4.78 is 0.900. The zero-order valence-corrected chi connectivity index (χ0v) is 77.5. The molecule has 125 heavy (non-hydrogen) atoms. The summed E-state index contributed by atoms with van der Waals surface area (Å²) in [5.41, 5.74) is 4.87. The summed E-state index contributed by atoms with van der Waals surface area (Å²) in [6.07, 6.45) is 0. The molecule has 0 aliphatic rings. The number of benzene rings is 16. The van der Waals surface area contributed by atoms with E-state index in [-0.39, 0.29) is 43.1 Å². The molecule has 0 heterocycles. The number of nitrogens with zero attached hydrogens (tertiary/aromatic N) is 2. The van der Waals surface area contributed by atoms with Crippen molar-refractivity contribution in [2.75, 3.05) is 14.1 Å². The van der Waals surface area contributed by atoms with Crippen molar-refractivity contribution in [2.45, 2.75) is 13.8 Å². The number of rotatable bonds is 20. The molecular weight excluding hydrogens is 1810 g/mol. The average Bonchev–Trinajstić information content (AvgIpc) is 0.829. The van der Waals surface area contributed by atoms with Crippen molar-refractivity contribution in [1.29, 1.82) is 10.5 Å². The maximum atomic E-state index is 12.3. The van der Waals surface area contributed by atoms with Gasteiger partial charge in [-0.2, -0.15) is 10.5 Å². The Bertz CT molecular complexity index is 5160. The summed E-state index contributed by atoms with van der Waals surface area (Å²) in [5.74, 6) is -0.543. The standard InChI is InChI=1S/C18H15ClN2O.4C18H15P.C12H11BrN2O.C6H6BClO2.Pd/c1-12(21-2)17(11-20)18(22)15-5-3-13(4-6-15)14-7-9-16(19)10-8-14;4*1-4-10-16(11-5-1)19(17-12-6-2-7-13-17)18-14-8-3-9-15-18;1-8(15-2)11(7-14)12(16)9-3-5-10(13)6-4-9;8-6-3-1-5(2-4-6)7(9)10;/h3-10,21H,1-2H3;4*1-15H;3-6,15H,1-2H3;1-4,9-10H;/b17-12-;;;;;11-8-;;. The van der Waals surface area contributed by atoms with Crippen LogP contribution in [0.1, 0.15) is 34.6 Å². The first-order chi connectivity index (χ1) is 60.7. The number of carbonyl (C=O) groups is 2. The molecule has 0 bridgehead atoms. The minimum Gasteiger partial charge on any atom is -0.423 e. The molecule has 0 fully saturated rings. The third-order valence-corrected chi connectivity index (χ3v) is 29.8. The number of carbonyl (C=O) groups excluding carboxylic acids is 2. The summed E-state index contributed by atoms with van der Waals surface area (Å²) in [6, 6.07) is 161. The van der Waals surface area contributed by atoms with Crippen LogP contribution in [0.3, 0.4) is 0 Å². The molecule has 4 N–H and O–H groups in total. The Labute approximate surface area is 773 Å². The second-order valence-corrected chi connectivity index (χ2v) is 37.9. The number of ketones is 2. The van der Waals surface area contributed by atoms with Crippen LogP contribution in [0.4, 0.5) is 0 Å². The Morgan fingerprint density at radius 1 is 0.288 bits per heavy atom. The van der Waals surface area contributed by atoms with Gasteiger partial charge >= 0.3 is 7.12 Å². The van der Waals surface area contributed by atoms with Crippen LogP contribution in [0.15, 0.2) is 488 Å². The zero-order valence-electron chi connectivity index (χ0n) is 69.3. The van der Waals surface area contributed by atoms with Gasteiger partial charge < -0.3 is 20.7 Å². The number of hydrogen-bond donors (Lipinski definition) is 4. The average molecular weight is 1900 g/mol. The van der Waals surface area contributed by atoms with E-state index in [1.807, 2.05) is 48.5 Å². The van der Waals surface area contributed by atoms with Crippen LogP contribution in [0.5, 0.6) is 0 Å². The Balaban J connectivity index is 0.000000166. The van der Waals surface area contributed by atoms with Gasteiger partial charge in [-0.1, -0.05) is 452 Å². The Hall–Kier alpha value is -11.7. The molecule has 17 heteroatoms. The molecule has 622 valence electrons. The summed E-state index contributed by atoms with van der Waals surface area (Å²) >= 11 is 14.7. The van der Waals surface area contributed by atoms with Crippen molar-refractivity contribution in [1.82, 2.24) is 10.6 Å². The van der Waals surface area contributed by atoms with Gasteiger partial charge in [0.25, 0.3) is 0 Å². The molecule has 0 saturated carbocycles. The largest absolute Gasteiger partial charge is 0.488 e. The third-order valence-electron chi connectivity index (χ3n) is 18.9. The first-order valence-corrected chi connectivity index (χ1v) is 46.8. The van der Waals surface area contributed by atoms with Gasteiger partial charge in [0, 0.05) is 71.6 Å². The van der Waals surface area contributed by atoms with E-state index in [4.69, 9.17) is 43.8 Å². The second-order valence-electron chi connectivity index (χ2n) is 27.3. The van der Waals surface area contributed by atoms with Gasteiger partial charge in [-0.15, -0.1) is 0 Å². The van der Waals surface area contributed by atoms with Gasteiger partial charge in [-0.3, -0.25) is 9.59 Å². The summed E-state index contributed by atoms with van der Waals surface area (Å²) in [6.45, 7) is 3.41. The number of hydrogen-bond acceptors (Lipinski definition) is 8. The number of nitrogens with one attached hydrogen (secondary N) is 2. The van der Waals surface area contributed by atoms with Crippen molar-refractivity contribution >= 4 is 159 Å². The number of allylic oxidation sites excluding steroid dienone is 4. The van der Waals surface area contributed by atoms with Gasteiger partial charge in [0.05, 0.1) is 0 Å². The maximum Gasteiger partial charge on any atom is 0.488 e. The van der Waals surface area contributed by atoms with Crippen molar-refractivity contribution in [3.8, 4) is 23.3 Å². The number of Topliss-reactive ketones (excluding diaryl/α,β-unsaturated/α-hetero) is 2. The predicted octanol–water partition coefficient (Wildman–Crippen LogP) is 20.7. The van der Waals surface area contributed by atoms with Crippen molar-refractivity contribution < 1.29 is 40.1 Å². The van der Waals surface area contributed by atoms with E-state index in [9.17, 15) is 9.59 Å². The minimum atomic E-state index is -1.41. The van der Waals surface area contributed by atoms with Crippen LogP contribution in [-0.4, -0.2) is 42.8 Å². The molecule has 0 aliphatic heterocycles. The quantitative estimate of drug-likeness (QED) is 0.0194. The summed E-state index contributed by atoms with van der Waals surface area (Å²) in [7, 11) is 0.177. The Morgan fingerprint density at radius 2 is 0.456 bits per heavy atom. The fourth-order valence-electron chi connectivity index (χ4n) is 12.6. The Kier molecular flexibility index (Phi) is 41.6. The fourth-order valence-corrected chi connectivity index (χ4v) is 22.3. The first-order valence-electron chi connectivity index (χ1n) is 39.9. The molecule has 16 rings (SSSR count). The third kappa shape index (κ3) is 30.3. The van der Waals surface area contributed by atoms with E-state index in [0.717, 1.165) is 15.6 Å². The smallest absolute Gasteiger partial charge is 0.423 e. The van der Waals surface area contributed by atoms with E-state index in [0.29, 0.717) is 38.0 Å². The van der Waals surface area contributed by atoms with E-state index in [1.165, 1.54) is 63.7 Å². The molecular formula is C108H92BBrCl2N4O4P4Pd. The minimum absolute atomic E-state index is 0. The second kappa shape index (κ2) is 53.5. The fraction of sp³-hybridized carbons (Fsp3) is 0.0370. The molecule has 0 amide bonds. The summed E-state index contributed by atoms with van der Waals surface area (Å²) in [4.78, 5) is 24.3. The van der Waals surface area contributed by atoms with Crippen LogP contribution in [-0.2, 0) is 20.4 Å². The van der Waals surface area contributed by atoms with Crippen LogP contribution in [0.2, 0.25) is 10.0 Å². The van der Waals surface area contributed by atoms with Gasteiger partial charge in [0.2, 0.25) is 11.6 Å². The van der Waals surface area contributed by atoms with E-state index < -0.39 is 38.8 Å². The molecule has 8 nitrogen and oxygen atoms in total. The SMILES string of the molecule is CN/C(C)=C(/C#N)C(=O)c1ccc(-c2ccc(Cl)cc2)cc1.CN/C(C)=C(/C#N)C(=O)c1ccc(Br)cc1.OB(O)c1ccc(Cl)cc1.[Pd].c1ccc(P(c2ccccc2)c2ccccc2)cc1.c1ccc(P(c2ccccc2)c2ccccc2)cc1.c1ccc(P(c2ccccc2)c2ccccc2)cc1.c1ccc(P(c2ccccc2)c2ccccc2)cc1. The molecule has 0 radical (unpaired) electrons. The molecule has 0 aliphatic carbocycles. The molecule has 0 unspecified atom stereocenters. The molecule has 0 atom stereocenters. The van der Waals surface area contributed by atoms with Crippen molar-refractivity contribution in [3.63, 3.8) is 0 Å². The zero-order chi connectivity index (χ0) is 87.5. The van der Waals surface area contributed by atoms with Crippen LogP contribution < -0.4 is 79.8 Å². The van der Waals surface area contributed by atoms with E-state index >= 15 is 0 Å². The molecule has 0 saturated heterocycles. The van der Waals surface area contributed by atoms with Crippen molar-refractivity contribution in [3.05, 3.63) is 509 Å². The maximum absolute atomic E-state index is 12.3. The van der Waals surface area contributed by atoms with E-state index in [2.05, 4.69) is 391 Å².